The Hall–Kier alpha value is -2.37. The van der Waals surface area contributed by atoms with Crippen LogP contribution in [0.25, 0.3) is 11.0 Å². The number of furan rings is 1. The molecule has 2 rings (SSSR count). The number of carbonyl (C=O) groups excluding carboxylic acids is 1. The van der Waals surface area contributed by atoms with Crippen molar-refractivity contribution in [3.05, 3.63) is 17.9 Å². The van der Waals surface area contributed by atoms with Gasteiger partial charge >= 0.3 is 5.97 Å². The minimum atomic E-state index is -0.699. The van der Waals surface area contributed by atoms with E-state index in [0.29, 0.717) is 24.2 Å². The lowest BCUT2D eigenvalue weighted by Gasteiger charge is -2.15. The van der Waals surface area contributed by atoms with Crippen molar-refractivity contribution in [1.82, 2.24) is 0 Å². The van der Waals surface area contributed by atoms with Crippen molar-refractivity contribution < 1.29 is 28.5 Å². The standard InChI is InChI=1S/C14H16O6/c1-4-18-11-8-6-7-20-12(8)13(19-5-2)10(15)9(11)14(16)17-3/h6-7,15H,4-5H2,1-3H3. The van der Waals surface area contributed by atoms with E-state index in [9.17, 15) is 9.90 Å². The third-order valence-corrected chi connectivity index (χ3v) is 2.76. The van der Waals surface area contributed by atoms with Crippen molar-refractivity contribution in [3.8, 4) is 17.2 Å². The molecule has 2 aromatic rings. The summed E-state index contributed by atoms with van der Waals surface area (Å²) in [5.41, 5.74) is 0.271. The number of carbonyl (C=O) groups is 1. The maximum absolute atomic E-state index is 11.9. The first-order valence-electron chi connectivity index (χ1n) is 6.25. The molecule has 1 N–H and O–H groups in total. The van der Waals surface area contributed by atoms with Crippen molar-refractivity contribution >= 4 is 16.9 Å². The molecule has 20 heavy (non-hydrogen) atoms. The van der Waals surface area contributed by atoms with E-state index in [1.807, 2.05) is 0 Å². The largest absolute Gasteiger partial charge is 0.503 e. The molecule has 0 amide bonds. The summed E-state index contributed by atoms with van der Waals surface area (Å²) in [6.07, 6.45) is 1.44. The lowest BCUT2D eigenvalue weighted by molar-refractivity contribution is 0.0592. The highest BCUT2D eigenvalue weighted by Crippen LogP contribution is 2.46. The Morgan fingerprint density at radius 1 is 1.25 bits per heavy atom. The molecule has 0 aliphatic carbocycles. The van der Waals surface area contributed by atoms with Gasteiger partial charge in [0.15, 0.2) is 11.3 Å². The van der Waals surface area contributed by atoms with E-state index in [1.54, 1.807) is 19.9 Å². The molecule has 0 unspecified atom stereocenters. The maximum atomic E-state index is 11.9. The lowest BCUT2D eigenvalue weighted by Crippen LogP contribution is -2.08. The predicted molar refractivity (Wildman–Crippen MR) is 71.6 cm³/mol. The number of fused-ring (bicyclic) bond motifs is 1. The summed E-state index contributed by atoms with van der Waals surface area (Å²) in [7, 11) is 1.23. The molecular weight excluding hydrogens is 264 g/mol. The van der Waals surface area contributed by atoms with Gasteiger partial charge in [-0.1, -0.05) is 0 Å². The van der Waals surface area contributed by atoms with Crippen molar-refractivity contribution in [1.29, 1.82) is 0 Å². The molecule has 0 saturated heterocycles. The number of phenols is 1. The zero-order valence-corrected chi connectivity index (χ0v) is 11.6. The molecule has 0 radical (unpaired) electrons. The van der Waals surface area contributed by atoms with Crippen molar-refractivity contribution in [2.75, 3.05) is 20.3 Å². The maximum Gasteiger partial charge on any atom is 0.345 e. The van der Waals surface area contributed by atoms with Gasteiger partial charge in [-0.05, 0) is 19.9 Å². The molecule has 0 atom stereocenters. The van der Waals surface area contributed by atoms with E-state index in [1.165, 1.54) is 13.4 Å². The summed E-state index contributed by atoms with van der Waals surface area (Å²) >= 11 is 0. The van der Waals surface area contributed by atoms with Crippen LogP contribution in [-0.2, 0) is 4.74 Å². The summed E-state index contributed by atoms with van der Waals surface area (Å²) in [6, 6.07) is 1.65. The topological polar surface area (TPSA) is 78.1 Å². The molecule has 0 saturated carbocycles. The number of hydrogen-bond acceptors (Lipinski definition) is 6. The van der Waals surface area contributed by atoms with Crippen molar-refractivity contribution in [2.45, 2.75) is 13.8 Å². The number of esters is 1. The molecule has 1 aromatic heterocycles. The Labute approximate surface area is 115 Å². The van der Waals surface area contributed by atoms with E-state index >= 15 is 0 Å². The Balaban J connectivity index is 2.81. The van der Waals surface area contributed by atoms with Crippen LogP contribution in [0.4, 0.5) is 0 Å². The summed E-state index contributed by atoms with van der Waals surface area (Å²) in [4.78, 5) is 11.9. The van der Waals surface area contributed by atoms with Gasteiger partial charge in [0.1, 0.15) is 11.3 Å². The number of ether oxygens (including phenoxy) is 3. The molecule has 0 aliphatic heterocycles. The highest BCUT2D eigenvalue weighted by atomic mass is 16.5. The van der Waals surface area contributed by atoms with Crippen molar-refractivity contribution in [2.24, 2.45) is 0 Å². The molecule has 0 spiro atoms. The van der Waals surface area contributed by atoms with Crippen LogP contribution in [-0.4, -0.2) is 31.4 Å². The molecule has 0 aliphatic rings. The second kappa shape index (κ2) is 5.73. The first-order chi connectivity index (χ1) is 9.65. The average Bonchev–Trinajstić information content (AvgIpc) is 2.92. The zero-order valence-electron chi connectivity index (χ0n) is 11.6. The zero-order chi connectivity index (χ0) is 14.7. The number of phenolic OH excluding ortho intramolecular Hbond substituents is 1. The van der Waals surface area contributed by atoms with Gasteiger partial charge in [-0.25, -0.2) is 4.79 Å². The highest BCUT2D eigenvalue weighted by molar-refractivity contribution is 6.05. The minimum absolute atomic E-state index is 0.0632. The number of methoxy groups -OCH3 is 1. The molecule has 1 heterocycles. The third kappa shape index (κ3) is 2.13. The van der Waals surface area contributed by atoms with Crippen LogP contribution in [0.2, 0.25) is 0 Å². The summed E-state index contributed by atoms with van der Waals surface area (Å²) in [5.74, 6) is -0.708. The normalized spacial score (nSPS) is 10.6. The van der Waals surface area contributed by atoms with Gasteiger partial charge in [-0.2, -0.15) is 0 Å². The number of hydrogen-bond donors (Lipinski definition) is 1. The lowest BCUT2D eigenvalue weighted by atomic mass is 10.1. The van der Waals surface area contributed by atoms with Gasteiger partial charge in [0.25, 0.3) is 0 Å². The Bertz CT molecular complexity index is 628. The smallest absolute Gasteiger partial charge is 0.345 e. The summed E-state index contributed by atoms with van der Waals surface area (Å²) in [5, 5.41) is 10.8. The molecule has 6 heteroatoms. The van der Waals surface area contributed by atoms with Gasteiger partial charge < -0.3 is 23.7 Å². The van der Waals surface area contributed by atoms with E-state index in [0.717, 1.165) is 0 Å². The third-order valence-electron chi connectivity index (χ3n) is 2.76. The highest BCUT2D eigenvalue weighted by Gasteiger charge is 2.28. The SMILES string of the molecule is CCOc1c(C(=O)OC)c(O)c(OCC)c2occc12. The molecule has 0 fully saturated rings. The van der Waals surface area contributed by atoms with Crippen LogP contribution in [0.15, 0.2) is 16.7 Å². The fraction of sp³-hybridized carbons (Fsp3) is 0.357. The van der Waals surface area contributed by atoms with Gasteiger partial charge in [-0.3, -0.25) is 0 Å². The molecule has 0 bridgehead atoms. The second-order valence-corrected chi connectivity index (χ2v) is 3.90. The van der Waals surface area contributed by atoms with Crippen LogP contribution >= 0.6 is 0 Å². The van der Waals surface area contributed by atoms with Crippen LogP contribution in [0.1, 0.15) is 24.2 Å². The van der Waals surface area contributed by atoms with Crippen LogP contribution in [0.5, 0.6) is 17.2 Å². The number of aromatic hydroxyl groups is 1. The average molecular weight is 280 g/mol. The summed E-state index contributed by atoms with van der Waals surface area (Å²) in [6.45, 7) is 4.19. The van der Waals surface area contributed by atoms with Gasteiger partial charge in [0.05, 0.1) is 32.0 Å². The monoisotopic (exact) mass is 280 g/mol. The Morgan fingerprint density at radius 2 is 1.90 bits per heavy atom. The van der Waals surface area contributed by atoms with E-state index in [-0.39, 0.29) is 22.8 Å². The van der Waals surface area contributed by atoms with E-state index in [2.05, 4.69) is 0 Å². The molecule has 1 aromatic carbocycles. The van der Waals surface area contributed by atoms with Crippen LogP contribution in [0, 0.1) is 0 Å². The van der Waals surface area contributed by atoms with E-state index in [4.69, 9.17) is 18.6 Å². The molecule has 108 valence electrons. The van der Waals surface area contributed by atoms with Gasteiger partial charge in [0.2, 0.25) is 5.75 Å². The Morgan fingerprint density at radius 3 is 2.50 bits per heavy atom. The molecular formula is C14H16O6. The first kappa shape index (κ1) is 14.0. The quantitative estimate of drug-likeness (QED) is 0.848. The van der Waals surface area contributed by atoms with Gasteiger partial charge in [0, 0.05) is 0 Å². The first-order valence-corrected chi connectivity index (χ1v) is 6.25. The summed E-state index contributed by atoms with van der Waals surface area (Å²) < 4.78 is 20.9. The molecule has 6 nitrogen and oxygen atoms in total. The van der Waals surface area contributed by atoms with Crippen LogP contribution in [0.3, 0.4) is 0 Å². The minimum Gasteiger partial charge on any atom is -0.503 e. The Kier molecular flexibility index (Phi) is 4.02. The van der Waals surface area contributed by atoms with Crippen molar-refractivity contribution in [3.63, 3.8) is 0 Å². The van der Waals surface area contributed by atoms with E-state index < -0.39 is 5.97 Å². The van der Waals surface area contributed by atoms with Gasteiger partial charge in [-0.15, -0.1) is 0 Å². The fourth-order valence-corrected chi connectivity index (χ4v) is 1.99. The fourth-order valence-electron chi connectivity index (χ4n) is 1.99. The second-order valence-electron chi connectivity index (χ2n) is 3.90. The predicted octanol–water partition coefficient (Wildman–Crippen LogP) is 2.72. The number of benzene rings is 1. The number of rotatable bonds is 5. The van der Waals surface area contributed by atoms with Crippen LogP contribution < -0.4 is 9.47 Å².